The van der Waals surface area contributed by atoms with Crippen molar-refractivity contribution in [1.29, 1.82) is 0 Å². The lowest BCUT2D eigenvalue weighted by atomic mass is 10.1. The Morgan fingerprint density at radius 2 is 1.78 bits per heavy atom. The molecule has 4 amide bonds. The van der Waals surface area contributed by atoms with Gasteiger partial charge in [0.2, 0.25) is 5.91 Å². The van der Waals surface area contributed by atoms with Crippen molar-refractivity contribution in [3.63, 3.8) is 0 Å². The maximum absolute atomic E-state index is 13.2. The van der Waals surface area contributed by atoms with Gasteiger partial charge in [-0.05, 0) is 42.8 Å². The first kappa shape index (κ1) is 28.2. The number of piperazine rings is 1. The van der Waals surface area contributed by atoms with Crippen LogP contribution in [0.3, 0.4) is 0 Å². The van der Waals surface area contributed by atoms with Crippen LogP contribution >= 0.6 is 11.6 Å². The lowest BCUT2D eigenvalue weighted by Gasteiger charge is -2.39. The van der Waals surface area contributed by atoms with E-state index < -0.39 is 6.03 Å². The quantitative estimate of drug-likeness (QED) is 0.407. The van der Waals surface area contributed by atoms with Crippen LogP contribution in [0.5, 0.6) is 5.75 Å². The number of halogens is 2. The van der Waals surface area contributed by atoms with E-state index in [1.807, 2.05) is 0 Å². The summed E-state index contributed by atoms with van der Waals surface area (Å²) in [6.07, 6.45) is 0. The van der Waals surface area contributed by atoms with E-state index in [0.29, 0.717) is 49.1 Å². The first-order chi connectivity index (χ1) is 17.7. The van der Waals surface area contributed by atoms with Crippen molar-refractivity contribution in [2.24, 2.45) is 0 Å². The molecule has 0 radical (unpaired) electrons. The second kappa shape index (κ2) is 13.8. The monoisotopic (exact) mass is 533 g/mol. The van der Waals surface area contributed by atoms with Crippen molar-refractivity contribution in [3.05, 3.63) is 64.4 Å². The zero-order valence-corrected chi connectivity index (χ0v) is 21.8. The highest BCUT2D eigenvalue weighted by Crippen LogP contribution is 2.23. The van der Waals surface area contributed by atoms with Crippen LogP contribution < -0.4 is 20.7 Å². The zero-order valence-electron chi connectivity index (χ0n) is 21.1. The summed E-state index contributed by atoms with van der Waals surface area (Å²) >= 11 is 6.12. The number of carbonyl (C=O) groups is 3. The molecule has 1 atom stereocenters. The minimum Gasteiger partial charge on any atom is -0.483 e. The van der Waals surface area contributed by atoms with Crippen molar-refractivity contribution in [2.45, 2.75) is 33.0 Å². The SMILES string of the molecule is CC(=O)NCCNC(=O)NCc1cc(Cl)ccc1OCC(=O)N1CCN(Cc2ccc(F)cc2)[C@@H](C)C1. The first-order valence-corrected chi connectivity index (χ1v) is 12.5. The van der Waals surface area contributed by atoms with Crippen LogP contribution in [-0.2, 0) is 22.7 Å². The summed E-state index contributed by atoms with van der Waals surface area (Å²) < 4.78 is 19.0. The number of nitrogens with zero attached hydrogens (tertiary/aromatic N) is 2. The van der Waals surface area contributed by atoms with Gasteiger partial charge in [0.1, 0.15) is 11.6 Å². The van der Waals surface area contributed by atoms with E-state index in [1.54, 1.807) is 35.2 Å². The fourth-order valence-electron chi connectivity index (χ4n) is 3.99. The van der Waals surface area contributed by atoms with Gasteiger partial charge in [0.05, 0.1) is 0 Å². The number of rotatable bonds is 10. The summed E-state index contributed by atoms with van der Waals surface area (Å²) in [5, 5.41) is 8.43. The maximum atomic E-state index is 13.2. The van der Waals surface area contributed by atoms with Gasteiger partial charge in [-0.2, -0.15) is 0 Å². The lowest BCUT2D eigenvalue weighted by Crippen LogP contribution is -2.54. The van der Waals surface area contributed by atoms with Crippen LogP contribution in [0, 0.1) is 5.82 Å². The predicted molar refractivity (Wildman–Crippen MR) is 139 cm³/mol. The van der Waals surface area contributed by atoms with Gasteiger partial charge in [-0.3, -0.25) is 14.5 Å². The summed E-state index contributed by atoms with van der Waals surface area (Å²) in [5.41, 5.74) is 1.66. The maximum Gasteiger partial charge on any atom is 0.315 e. The molecule has 1 aliphatic rings. The molecule has 0 aromatic heterocycles. The molecule has 1 fully saturated rings. The number of ether oxygens (including phenoxy) is 1. The number of hydrogen-bond donors (Lipinski definition) is 3. The number of carbonyl (C=O) groups excluding carboxylic acids is 3. The molecule has 0 bridgehead atoms. The third-order valence-corrected chi connectivity index (χ3v) is 6.25. The largest absolute Gasteiger partial charge is 0.483 e. The van der Waals surface area contributed by atoms with Gasteiger partial charge in [-0.15, -0.1) is 0 Å². The Hall–Kier alpha value is -3.37. The minimum atomic E-state index is -0.403. The molecule has 2 aromatic carbocycles. The van der Waals surface area contributed by atoms with Crippen LogP contribution in [0.25, 0.3) is 0 Å². The highest BCUT2D eigenvalue weighted by molar-refractivity contribution is 6.30. The molecule has 3 N–H and O–H groups in total. The Morgan fingerprint density at radius 3 is 2.49 bits per heavy atom. The van der Waals surface area contributed by atoms with E-state index in [-0.39, 0.29) is 43.4 Å². The Morgan fingerprint density at radius 1 is 1.05 bits per heavy atom. The fraction of sp³-hybridized carbons (Fsp3) is 0.423. The third-order valence-electron chi connectivity index (χ3n) is 6.01. The third kappa shape index (κ3) is 9.22. The Kier molecular flexibility index (Phi) is 10.5. The second-order valence-electron chi connectivity index (χ2n) is 8.92. The Balaban J connectivity index is 1.47. The van der Waals surface area contributed by atoms with Crippen LogP contribution in [-0.4, -0.2) is 73.0 Å². The highest BCUT2D eigenvalue weighted by Gasteiger charge is 2.27. The molecule has 37 heavy (non-hydrogen) atoms. The molecule has 1 aliphatic heterocycles. The van der Waals surface area contributed by atoms with E-state index in [4.69, 9.17) is 16.3 Å². The average Bonchev–Trinajstić information content (AvgIpc) is 2.87. The van der Waals surface area contributed by atoms with Gasteiger partial charge in [-0.25, -0.2) is 9.18 Å². The summed E-state index contributed by atoms with van der Waals surface area (Å²) in [5.74, 6) is -0.0928. The molecular weight excluding hydrogens is 501 g/mol. The summed E-state index contributed by atoms with van der Waals surface area (Å²) in [6, 6.07) is 11.2. The van der Waals surface area contributed by atoms with E-state index in [0.717, 1.165) is 5.56 Å². The predicted octanol–water partition coefficient (Wildman–Crippen LogP) is 2.53. The number of nitrogens with one attached hydrogen (secondary N) is 3. The normalized spacial score (nSPS) is 15.7. The average molecular weight is 534 g/mol. The summed E-state index contributed by atoms with van der Waals surface area (Å²) in [4.78, 5) is 39.8. The second-order valence-corrected chi connectivity index (χ2v) is 9.36. The molecule has 0 aliphatic carbocycles. The van der Waals surface area contributed by atoms with Gasteiger partial charge in [-0.1, -0.05) is 23.7 Å². The van der Waals surface area contributed by atoms with E-state index >= 15 is 0 Å². The topological polar surface area (TPSA) is 103 Å². The number of amides is 4. The van der Waals surface area contributed by atoms with Crippen LogP contribution in [0.2, 0.25) is 5.02 Å². The van der Waals surface area contributed by atoms with Crippen LogP contribution in [0.1, 0.15) is 25.0 Å². The minimum absolute atomic E-state index is 0.127. The molecular formula is C26H33ClFN5O4. The molecule has 0 unspecified atom stereocenters. The Labute approximate surface area is 221 Å². The molecule has 3 rings (SSSR count). The molecule has 1 heterocycles. The van der Waals surface area contributed by atoms with Crippen molar-refractivity contribution >= 4 is 29.4 Å². The highest BCUT2D eigenvalue weighted by atomic mass is 35.5. The zero-order chi connectivity index (χ0) is 26.8. The molecule has 200 valence electrons. The van der Waals surface area contributed by atoms with Gasteiger partial charge >= 0.3 is 6.03 Å². The van der Waals surface area contributed by atoms with Crippen molar-refractivity contribution in [2.75, 3.05) is 39.3 Å². The smallest absolute Gasteiger partial charge is 0.315 e. The van der Waals surface area contributed by atoms with Gasteiger partial charge in [0.25, 0.3) is 5.91 Å². The fourth-order valence-corrected chi connectivity index (χ4v) is 4.19. The van der Waals surface area contributed by atoms with Gasteiger partial charge in [0, 0.05) is 69.4 Å². The number of hydrogen-bond acceptors (Lipinski definition) is 5. The number of urea groups is 1. The van der Waals surface area contributed by atoms with Gasteiger partial charge in [0.15, 0.2) is 6.61 Å². The van der Waals surface area contributed by atoms with Gasteiger partial charge < -0.3 is 25.6 Å². The molecule has 11 heteroatoms. The van der Waals surface area contributed by atoms with Crippen molar-refractivity contribution < 1.29 is 23.5 Å². The Bertz CT molecular complexity index is 1090. The summed E-state index contributed by atoms with van der Waals surface area (Å²) in [7, 11) is 0. The molecule has 1 saturated heterocycles. The molecule has 9 nitrogen and oxygen atoms in total. The molecule has 0 saturated carbocycles. The van der Waals surface area contributed by atoms with Crippen molar-refractivity contribution in [3.8, 4) is 5.75 Å². The number of benzene rings is 2. The van der Waals surface area contributed by atoms with Crippen LogP contribution in [0.4, 0.5) is 9.18 Å². The first-order valence-electron chi connectivity index (χ1n) is 12.1. The standard InChI is InChI=1S/C26H33ClFN5O4/c1-18-15-33(12-11-32(18)16-20-3-6-23(28)7-4-20)25(35)17-37-24-8-5-22(27)13-21(24)14-31-26(36)30-10-9-29-19(2)34/h3-8,13,18H,9-12,14-17H2,1-2H3,(H,29,34)(H2,30,31,36)/t18-/m0/s1. The van der Waals surface area contributed by atoms with Crippen molar-refractivity contribution in [1.82, 2.24) is 25.8 Å². The van der Waals surface area contributed by atoms with E-state index in [9.17, 15) is 18.8 Å². The summed E-state index contributed by atoms with van der Waals surface area (Å²) in [6.45, 7) is 6.63. The lowest BCUT2D eigenvalue weighted by molar-refractivity contribution is -0.136. The van der Waals surface area contributed by atoms with E-state index in [2.05, 4.69) is 27.8 Å². The van der Waals surface area contributed by atoms with E-state index in [1.165, 1.54) is 19.1 Å². The molecule has 2 aromatic rings. The molecule has 0 spiro atoms. The van der Waals surface area contributed by atoms with Crippen LogP contribution in [0.15, 0.2) is 42.5 Å².